The number of aliphatic imine (C=N–C) groups is 1. The van der Waals surface area contributed by atoms with Crippen molar-refractivity contribution in [2.24, 2.45) is 4.99 Å². The Labute approximate surface area is 225 Å². The largest absolute Gasteiger partial charge is 0.468 e. The Morgan fingerprint density at radius 1 is 0.686 bits per heavy atom. The maximum absolute atomic E-state index is 6.54. The van der Waals surface area contributed by atoms with Crippen molar-refractivity contribution in [3.8, 4) is 0 Å². The molecule has 0 radical (unpaired) electrons. The fraction of sp³-hybridized carbons (Fsp3) is 0.138. The lowest BCUT2D eigenvalue weighted by Crippen LogP contribution is -2.27. The lowest BCUT2D eigenvalue weighted by atomic mass is 10.0. The first-order valence-corrected chi connectivity index (χ1v) is 13.3. The molecule has 0 aliphatic carbocycles. The van der Waals surface area contributed by atoms with Crippen LogP contribution in [0.5, 0.6) is 0 Å². The average molecular weight is 541 g/mol. The summed E-state index contributed by atoms with van der Waals surface area (Å²) in [5, 5.41) is -0.0906. The number of benzene rings is 4. The summed E-state index contributed by atoms with van der Waals surface area (Å²) in [6.07, 6.45) is -0.453. The number of halogens is 3. The van der Waals surface area contributed by atoms with Crippen molar-refractivity contribution in [3.63, 3.8) is 0 Å². The number of para-hydroxylation sites is 1. The summed E-state index contributed by atoms with van der Waals surface area (Å²) in [6.45, 7) is 0. The fourth-order valence-corrected chi connectivity index (χ4v) is 5.17. The number of rotatable bonds is 8. The van der Waals surface area contributed by atoms with Gasteiger partial charge in [-0.3, -0.25) is 0 Å². The minimum atomic E-state index is -1.84. The summed E-state index contributed by atoms with van der Waals surface area (Å²) >= 11 is 20.9. The molecule has 0 saturated heterocycles. The van der Waals surface area contributed by atoms with E-state index in [0.29, 0.717) is 5.69 Å². The van der Waals surface area contributed by atoms with Gasteiger partial charge >= 0.3 is 0 Å². The highest BCUT2D eigenvalue weighted by molar-refractivity contribution is 7.98. The molecule has 0 saturated carbocycles. The summed E-state index contributed by atoms with van der Waals surface area (Å²) < 4.78 is 4.70. The van der Waals surface area contributed by atoms with Crippen molar-refractivity contribution in [2.75, 3.05) is 0 Å². The average Bonchev–Trinajstić information content (AvgIpc) is 2.89. The molecule has 0 fully saturated rings. The van der Waals surface area contributed by atoms with Crippen LogP contribution < -0.4 is 0 Å². The number of nitrogens with zero attached hydrogens (tertiary/aromatic N) is 1. The van der Waals surface area contributed by atoms with Crippen LogP contribution >= 0.6 is 46.6 Å². The van der Waals surface area contributed by atoms with Crippen molar-refractivity contribution in [3.05, 3.63) is 138 Å². The fourth-order valence-electron chi connectivity index (χ4n) is 3.61. The monoisotopic (exact) mass is 539 g/mol. The van der Waals surface area contributed by atoms with E-state index in [4.69, 9.17) is 39.5 Å². The van der Waals surface area contributed by atoms with E-state index in [2.05, 4.69) is 29.3 Å². The van der Waals surface area contributed by atoms with Crippen molar-refractivity contribution in [2.45, 2.75) is 20.9 Å². The minimum Gasteiger partial charge on any atom is -0.468 e. The summed E-state index contributed by atoms with van der Waals surface area (Å²) in [4.78, 5) is 4.58. The van der Waals surface area contributed by atoms with Gasteiger partial charge in [-0.1, -0.05) is 144 Å². The van der Waals surface area contributed by atoms with Gasteiger partial charge in [0.15, 0.2) is 0 Å². The van der Waals surface area contributed by atoms with Crippen LogP contribution in [0.2, 0.25) is 0 Å². The number of ether oxygens (including phenoxy) is 1. The zero-order valence-corrected chi connectivity index (χ0v) is 21.9. The SMILES string of the molecule is ClC(Cl)(Cl)C(=Nc1ccccc1)O[C@H](c1ccccc1)[C@H](SCc1ccccc1)c1ccccc1. The van der Waals surface area contributed by atoms with Crippen molar-refractivity contribution in [1.29, 1.82) is 0 Å². The molecule has 0 unspecified atom stereocenters. The van der Waals surface area contributed by atoms with Crippen molar-refractivity contribution in [1.82, 2.24) is 0 Å². The molecule has 178 valence electrons. The van der Waals surface area contributed by atoms with Crippen LogP contribution in [-0.2, 0) is 10.5 Å². The third-order valence-corrected chi connectivity index (χ3v) is 7.13. The van der Waals surface area contributed by atoms with Gasteiger partial charge in [0, 0.05) is 5.75 Å². The molecule has 6 heteroatoms. The van der Waals surface area contributed by atoms with Crippen LogP contribution in [0.4, 0.5) is 5.69 Å². The number of thioether (sulfide) groups is 1. The van der Waals surface area contributed by atoms with Crippen molar-refractivity contribution < 1.29 is 4.74 Å². The summed E-state index contributed by atoms with van der Waals surface area (Å²) in [6, 6.07) is 40.0. The standard InChI is InChI=1S/C29H24Cl3NOS/c30-29(31,32)28(33-25-19-11-4-12-20-25)34-26(23-15-7-2-8-16-23)27(24-17-9-3-10-18-24)35-21-22-13-5-1-6-14-22/h1-20,26-27H,21H2/t26-,27-/m1/s1. The summed E-state index contributed by atoms with van der Waals surface area (Å²) in [5.74, 6) is 0.829. The normalized spacial score (nSPS) is 13.7. The zero-order valence-electron chi connectivity index (χ0n) is 18.8. The van der Waals surface area contributed by atoms with Gasteiger partial charge < -0.3 is 4.74 Å². The first-order valence-electron chi connectivity index (χ1n) is 11.1. The second-order valence-corrected chi connectivity index (χ2v) is 11.2. The maximum atomic E-state index is 6.54. The Hall–Kier alpha value is -2.43. The van der Waals surface area contributed by atoms with E-state index < -0.39 is 9.90 Å². The summed E-state index contributed by atoms with van der Waals surface area (Å²) in [7, 11) is 0. The van der Waals surface area contributed by atoms with Gasteiger partial charge in [0.25, 0.3) is 3.79 Å². The van der Waals surface area contributed by atoms with Gasteiger partial charge in [-0.2, -0.15) is 0 Å². The lowest BCUT2D eigenvalue weighted by Gasteiger charge is -2.30. The second kappa shape index (κ2) is 12.5. The molecular weight excluding hydrogens is 517 g/mol. The Balaban J connectivity index is 1.75. The number of hydrogen-bond acceptors (Lipinski definition) is 3. The summed E-state index contributed by atoms with van der Waals surface area (Å²) in [5.41, 5.74) is 3.96. The topological polar surface area (TPSA) is 21.6 Å². The maximum Gasteiger partial charge on any atom is 0.266 e. The number of alkyl halides is 3. The molecule has 4 aromatic carbocycles. The van der Waals surface area contributed by atoms with Crippen LogP contribution in [0.3, 0.4) is 0 Å². The van der Waals surface area contributed by atoms with E-state index in [-0.39, 0.29) is 11.1 Å². The molecule has 35 heavy (non-hydrogen) atoms. The highest BCUT2D eigenvalue weighted by Gasteiger charge is 2.36. The number of hydrogen-bond donors (Lipinski definition) is 0. The van der Waals surface area contributed by atoms with E-state index in [0.717, 1.165) is 16.9 Å². The molecule has 0 aliphatic heterocycles. The first-order chi connectivity index (χ1) is 17.0. The van der Waals surface area contributed by atoms with Crippen LogP contribution in [0.15, 0.2) is 126 Å². The van der Waals surface area contributed by atoms with Gasteiger partial charge in [0.05, 0.1) is 10.9 Å². The Kier molecular flexibility index (Phi) is 9.17. The van der Waals surface area contributed by atoms with E-state index in [1.54, 1.807) is 11.8 Å². The van der Waals surface area contributed by atoms with Crippen LogP contribution in [0.1, 0.15) is 28.0 Å². The minimum absolute atomic E-state index is 0.0313. The Bertz CT molecular complexity index is 1200. The highest BCUT2D eigenvalue weighted by atomic mass is 35.6. The predicted octanol–water partition coefficient (Wildman–Crippen LogP) is 9.52. The molecule has 2 atom stereocenters. The third kappa shape index (κ3) is 7.52. The highest BCUT2D eigenvalue weighted by Crippen LogP contribution is 2.45. The second-order valence-electron chi connectivity index (χ2n) is 7.83. The van der Waals surface area contributed by atoms with Crippen molar-refractivity contribution >= 4 is 58.1 Å². The molecule has 0 amide bonds. The van der Waals surface area contributed by atoms with E-state index in [1.807, 2.05) is 97.1 Å². The molecule has 4 rings (SSSR count). The molecule has 4 aromatic rings. The molecule has 0 heterocycles. The van der Waals surface area contributed by atoms with Gasteiger partial charge in [0.1, 0.15) is 6.10 Å². The smallest absolute Gasteiger partial charge is 0.266 e. The molecule has 0 aromatic heterocycles. The quantitative estimate of drug-likeness (QED) is 0.126. The van der Waals surface area contributed by atoms with Crippen LogP contribution in [-0.4, -0.2) is 9.69 Å². The molecule has 0 aliphatic rings. The Morgan fingerprint density at radius 2 is 1.17 bits per heavy atom. The molecule has 0 N–H and O–H groups in total. The van der Waals surface area contributed by atoms with Gasteiger partial charge in [-0.15, -0.1) is 11.8 Å². The van der Waals surface area contributed by atoms with Crippen LogP contribution in [0.25, 0.3) is 0 Å². The first kappa shape index (κ1) is 25.7. The Morgan fingerprint density at radius 3 is 1.71 bits per heavy atom. The third-order valence-electron chi connectivity index (χ3n) is 5.27. The molecular formula is C29H24Cl3NOS. The lowest BCUT2D eigenvalue weighted by molar-refractivity contribution is 0.185. The molecule has 0 bridgehead atoms. The van der Waals surface area contributed by atoms with E-state index in [1.165, 1.54) is 5.56 Å². The van der Waals surface area contributed by atoms with E-state index >= 15 is 0 Å². The van der Waals surface area contributed by atoms with E-state index in [9.17, 15) is 0 Å². The molecule has 0 spiro atoms. The van der Waals surface area contributed by atoms with Gasteiger partial charge in [-0.05, 0) is 28.8 Å². The molecule has 2 nitrogen and oxygen atoms in total. The zero-order chi connectivity index (χ0) is 24.5. The van der Waals surface area contributed by atoms with Gasteiger partial charge in [0.2, 0.25) is 5.90 Å². The predicted molar refractivity (Wildman–Crippen MR) is 151 cm³/mol. The van der Waals surface area contributed by atoms with Crippen LogP contribution in [0, 0.1) is 0 Å². The van der Waals surface area contributed by atoms with Gasteiger partial charge in [-0.25, -0.2) is 4.99 Å².